The highest BCUT2D eigenvalue weighted by atomic mass is 35.5. The Bertz CT molecular complexity index is 975. The molecular weight excluding hydrogens is 330 g/mol. The summed E-state index contributed by atoms with van der Waals surface area (Å²) in [5, 5.41) is 3.40. The van der Waals surface area contributed by atoms with Crippen molar-refractivity contribution in [2.45, 2.75) is 13.3 Å². The Kier molecular flexibility index (Phi) is 4.31. The largest absolute Gasteiger partial charge is 0.495 e. The second-order valence-electron chi connectivity index (χ2n) is 5.49. The fraction of sp³-hybridized carbons (Fsp3) is 0.176. The number of anilines is 1. The number of aromatic nitrogens is 2. The number of benzene rings is 2. The molecule has 3 aromatic rings. The highest BCUT2D eigenvalue weighted by Crippen LogP contribution is 2.31. The van der Waals surface area contributed by atoms with Crippen molar-refractivity contribution in [1.29, 1.82) is 0 Å². The molecule has 3 N–H and O–H groups in total. The average Bonchev–Trinajstić information content (AvgIpc) is 2.90. The van der Waals surface area contributed by atoms with Gasteiger partial charge in [-0.05, 0) is 36.2 Å². The minimum absolute atomic E-state index is 0.175. The van der Waals surface area contributed by atoms with E-state index in [9.17, 15) is 9.59 Å². The van der Waals surface area contributed by atoms with Gasteiger partial charge in [-0.15, -0.1) is 0 Å². The van der Waals surface area contributed by atoms with Gasteiger partial charge in [0.15, 0.2) is 0 Å². The van der Waals surface area contributed by atoms with E-state index >= 15 is 0 Å². The van der Waals surface area contributed by atoms with Crippen molar-refractivity contribution in [3.8, 4) is 5.75 Å². The predicted molar refractivity (Wildman–Crippen MR) is 94.0 cm³/mol. The van der Waals surface area contributed by atoms with Crippen LogP contribution in [-0.2, 0) is 11.2 Å². The van der Waals surface area contributed by atoms with E-state index in [2.05, 4.69) is 15.3 Å². The number of carbonyl (C=O) groups is 1. The Morgan fingerprint density at radius 3 is 2.71 bits per heavy atom. The average molecular weight is 346 g/mol. The molecule has 0 spiro atoms. The summed E-state index contributed by atoms with van der Waals surface area (Å²) in [5.74, 6) is 0.316. The summed E-state index contributed by atoms with van der Waals surface area (Å²) in [6.45, 7) is 1.85. The Balaban J connectivity index is 1.79. The summed E-state index contributed by atoms with van der Waals surface area (Å²) in [4.78, 5) is 28.9. The minimum Gasteiger partial charge on any atom is -0.495 e. The van der Waals surface area contributed by atoms with Crippen molar-refractivity contribution in [3.63, 3.8) is 0 Å². The summed E-state index contributed by atoms with van der Waals surface area (Å²) in [5.41, 5.74) is 3.32. The topological polar surface area (TPSA) is 87.0 Å². The molecule has 0 unspecified atom stereocenters. The molecular formula is C17H16ClN3O3. The van der Waals surface area contributed by atoms with Gasteiger partial charge in [0, 0.05) is 11.1 Å². The van der Waals surface area contributed by atoms with Gasteiger partial charge in [-0.3, -0.25) is 4.79 Å². The fourth-order valence-corrected chi connectivity index (χ4v) is 2.65. The van der Waals surface area contributed by atoms with Crippen LogP contribution in [0.4, 0.5) is 5.69 Å². The number of fused-ring (bicyclic) bond motifs is 1. The first-order chi connectivity index (χ1) is 11.5. The van der Waals surface area contributed by atoms with Crippen LogP contribution in [0.5, 0.6) is 5.75 Å². The second-order valence-corrected chi connectivity index (χ2v) is 5.89. The quantitative estimate of drug-likeness (QED) is 0.679. The number of aryl methyl sites for hydroxylation is 1. The fourth-order valence-electron chi connectivity index (χ4n) is 2.50. The number of imidazole rings is 1. The van der Waals surface area contributed by atoms with Gasteiger partial charge in [0.2, 0.25) is 5.91 Å². The second kappa shape index (κ2) is 6.41. The number of halogens is 1. The van der Waals surface area contributed by atoms with Gasteiger partial charge in [-0.25, -0.2) is 4.79 Å². The van der Waals surface area contributed by atoms with Crippen molar-refractivity contribution in [3.05, 3.63) is 57.0 Å². The number of rotatable bonds is 4. The molecule has 0 saturated carbocycles. The zero-order chi connectivity index (χ0) is 17.3. The molecule has 0 atom stereocenters. The van der Waals surface area contributed by atoms with E-state index in [1.807, 2.05) is 6.92 Å². The zero-order valence-electron chi connectivity index (χ0n) is 13.2. The number of carbonyl (C=O) groups excluding carboxylic acids is 1. The number of ether oxygens (including phenoxy) is 1. The molecule has 0 aliphatic rings. The van der Waals surface area contributed by atoms with Crippen LogP contribution in [0.2, 0.25) is 5.02 Å². The summed E-state index contributed by atoms with van der Waals surface area (Å²) >= 11 is 6.06. The van der Waals surface area contributed by atoms with E-state index in [-0.39, 0.29) is 18.0 Å². The van der Waals surface area contributed by atoms with Crippen LogP contribution in [0.3, 0.4) is 0 Å². The number of hydrogen-bond acceptors (Lipinski definition) is 3. The molecule has 0 bridgehead atoms. The van der Waals surface area contributed by atoms with Crippen LogP contribution in [-0.4, -0.2) is 23.0 Å². The van der Waals surface area contributed by atoms with Gasteiger partial charge in [-0.2, -0.15) is 0 Å². The maximum absolute atomic E-state index is 12.3. The Morgan fingerprint density at radius 2 is 1.96 bits per heavy atom. The van der Waals surface area contributed by atoms with Crippen LogP contribution < -0.4 is 15.7 Å². The number of amides is 1. The SMILES string of the molecule is COc1cc(Cl)c(C)cc1NC(=O)Cc1ccc2[nH]c(=O)[nH]c2c1. The molecule has 0 fully saturated rings. The first kappa shape index (κ1) is 16.1. The maximum Gasteiger partial charge on any atom is 0.323 e. The Morgan fingerprint density at radius 1 is 1.21 bits per heavy atom. The number of H-pyrrole nitrogens is 2. The number of nitrogens with one attached hydrogen (secondary N) is 3. The lowest BCUT2D eigenvalue weighted by molar-refractivity contribution is -0.115. The molecule has 0 aliphatic carbocycles. The lowest BCUT2D eigenvalue weighted by Gasteiger charge is -2.12. The van der Waals surface area contributed by atoms with E-state index in [1.165, 1.54) is 7.11 Å². The third-order valence-corrected chi connectivity index (χ3v) is 4.11. The standard InChI is InChI=1S/C17H16ClN3O3/c1-9-5-14(15(24-2)8-11(9)18)19-16(22)7-10-3-4-12-13(6-10)21-17(23)20-12/h3-6,8H,7H2,1-2H3,(H,19,22)(H2,20,21,23). The van der Waals surface area contributed by atoms with Crippen molar-refractivity contribution in [2.75, 3.05) is 12.4 Å². The first-order valence-corrected chi connectivity index (χ1v) is 7.69. The molecule has 7 heteroatoms. The molecule has 0 saturated heterocycles. The lowest BCUT2D eigenvalue weighted by Crippen LogP contribution is -2.15. The van der Waals surface area contributed by atoms with E-state index in [4.69, 9.17) is 16.3 Å². The molecule has 3 rings (SSSR count). The van der Waals surface area contributed by atoms with E-state index in [0.29, 0.717) is 27.5 Å². The lowest BCUT2D eigenvalue weighted by atomic mass is 10.1. The molecule has 0 aliphatic heterocycles. The maximum atomic E-state index is 12.3. The van der Waals surface area contributed by atoms with Crippen molar-refractivity contribution in [2.24, 2.45) is 0 Å². The van der Waals surface area contributed by atoms with Crippen molar-refractivity contribution in [1.82, 2.24) is 9.97 Å². The Hall–Kier alpha value is -2.73. The third kappa shape index (κ3) is 3.28. The smallest absolute Gasteiger partial charge is 0.323 e. The van der Waals surface area contributed by atoms with Crippen LogP contribution in [0, 0.1) is 6.92 Å². The van der Waals surface area contributed by atoms with Gasteiger partial charge >= 0.3 is 5.69 Å². The molecule has 24 heavy (non-hydrogen) atoms. The molecule has 6 nitrogen and oxygen atoms in total. The van der Waals surface area contributed by atoms with E-state index < -0.39 is 0 Å². The number of hydrogen-bond donors (Lipinski definition) is 3. The van der Waals surface area contributed by atoms with Crippen LogP contribution in [0.1, 0.15) is 11.1 Å². The molecule has 1 amide bonds. The summed E-state index contributed by atoms with van der Waals surface area (Å²) in [7, 11) is 1.52. The number of aromatic amines is 2. The van der Waals surface area contributed by atoms with Crippen molar-refractivity contribution < 1.29 is 9.53 Å². The van der Waals surface area contributed by atoms with E-state index in [0.717, 1.165) is 11.1 Å². The summed E-state index contributed by atoms with van der Waals surface area (Å²) in [6.07, 6.45) is 0.175. The molecule has 1 heterocycles. The van der Waals surface area contributed by atoms with Crippen molar-refractivity contribution >= 4 is 34.2 Å². The molecule has 124 valence electrons. The normalized spacial score (nSPS) is 10.8. The van der Waals surface area contributed by atoms with Crippen LogP contribution in [0.15, 0.2) is 35.1 Å². The molecule has 1 aromatic heterocycles. The summed E-state index contributed by atoms with van der Waals surface area (Å²) < 4.78 is 5.25. The van der Waals surface area contributed by atoms with Gasteiger partial charge < -0.3 is 20.0 Å². The summed E-state index contributed by atoms with van der Waals surface area (Å²) in [6, 6.07) is 8.78. The van der Waals surface area contributed by atoms with Gasteiger partial charge in [0.05, 0.1) is 30.3 Å². The van der Waals surface area contributed by atoms with Crippen LogP contribution in [0.25, 0.3) is 11.0 Å². The predicted octanol–water partition coefficient (Wildman–Crippen LogP) is 3.01. The van der Waals surface area contributed by atoms with E-state index in [1.54, 1.807) is 30.3 Å². The molecule has 0 radical (unpaired) electrons. The Labute approximate surface area is 142 Å². The van der Waals surface area contributed by atoms with Gasteiger partial charge in [-0.1, -0.05) is 17.7 Å². The monoisotopic (exact) mass is 345 g/mol. The van der Waals surface area contributed by atoms with Gasteiger partial charge in [0.25, 0.3) is 0 Å². The number of methoxy groups -OCH3 is 1. The zero-order valence-corrected chi connectivity index (χ0v) is 14.0. The molecule has 2 aromatic carbocycles. The third-order valence-electron chi connectivity index (χ3n) is 3.70. The van der Waals surface area contributed by atoms with Gasteiger partial charge in [0.1, 0.15) is 5.75 Å². The van der Waals surface area contributed by atoms with Crippen LogP contribution >= 0.6 is 11.6 Å². The highest BCUT2D eigenvalue weighted by Gasteiger charge is 2.11. The minimum atomic E-state index is -0.270. The first-order valence-electron chi connectivity index (χ1n) is 7.31. The highest BCUT2D eigenvalue weighted by molar-refractivity contribution is 6.31.